The van der Waals surface area contributed by atoms with Gasteiger partial charge in [0.25, 0.3) is 0 Å². The zero-order chi connectivity index (χ0) is 9.40. The highest BCUT2D eigenvalue weighted by atomic mass is 32.2. The summed E-state index contributed by atoms with van der Waals surface area (Å²) in [7, 11) is 1.39. The van der Waals surface area contributed by atoms with Gasteiger partial charge in [0.05, 0.1) is 7.11 Å². The normalized spacial score (nSPS) is 13.2. The summed E-state index contributed by atoms with van der Waals surface area (Å²) < 4.78 is 4.46. The van der Waals surface area contributed by atoms with Gasteiger partial charge >= 0.3 is 5.97 Å². The monoisotopic (exact) mass is 188 g/mol. The average Bonchev–Trinajstić information content (AvgIpc) is 2.04. The molecule has 0 aromatic carbocycles. The van der Waals surface area contributed by atoms with Crippen molar-refractivity contribution in [3.05, 3.63) is 12.2 Å². The minimum absolute atomic E-state index is 0.274. The molecule has 0 aliphatic carbocycles. The second-order valence-electron chi connectivity index (χ2n) is 2.43. The molecule has 1 atom stereocenters. The lowest BCUT2D eigenvalue weighted by Crippen LogP contribution is -1.97. The van der Waals surface area contributed by atoms with Crippen LogP contribution in [0.15, 0.2) is 12.2 Å². The Bertz CT molecular complexity index is 155. The number of thioether (sulfide) groups is 1. The molecule has 0 aromatic rings. The first kappa shape index (κ1) is 11.6. The van der Waals surface area contributed by atoms with Crippen molar-refractivity contribution in [2.75, 3.05) is 12.9 Å². The van der Waals surface area contributed by atoms with Crippen LogP contribution in [-0.2, 0) is 9.53 Å². The molecular formula is C9H16O2S. The van der Waals surface area contributed by atoms with E-state index in [9.17, 15) is 4.79 Å². The van der Waals surface area contributed by atoms with Crippen molar-refractivity contribution in [3.63, 3.8) is 0 Å². The molecule has 70 valence electrons. The molecule has 0 spiro atoms. The lowest BCUT2D eigenvalue weighted by Gasteiger charge is -2.04. The Kier molecular flexibility index (Phi) is 6.96. The summed E-state index contributed by atoms with van der Waals surface area (Å²) in [6.07, 6.45) is 4.26. The highest BCUT2D eigenvalue weighted by Crippen LogP contribution is 2.13. The molecule has 0 aromatic heterocycles. The van der Waals surface area contributed by atoms with Gasteiger partial charge in [0, 0.05) is 11.3 Å². The summed E-state index contributed by atoms with van der Waals surface area (Å²) in [5, 5.41) is 0.580. The van der Waals surface area contributed by atoms with Crippen LogP contribution in [0.3, 0.4) is 0 Å². The van der Waals surface area contributed by atoms with Gasteiger partial charge in [0.1, 0.15) is 0 Å². The number of rotatable bonds is 5. The van der Waals surface area contributed by atoms with E-state index in [1.807, 2.05) is 17.8 Å². The third kappa shape index (κ3) is 6.28. The van der Waals surface area contributed by atoms with Crippen molar-refractivity contribution in [3.8, 4) is 0 Å². The molecular weight excluding hydrogens is 172 g/mol. The maximum absolute atomic E-state index is 10.6. The van der Waals surface area contributed by atoms with Gasteiger partial charge in [0.15, 0.2) is 0 Å². The molecule has 0 aliphatic rings. The van der Waals surface area contributed by atoms with E-state index < -0.39 is 0 Å². The van der Waals surface area contributed by atoms with Crippen molar-refractivity contribution in [2.45, 2.75) is 25.5 Å². The van der Waals surface area contributed by atoms with Crippen LogP contribution in [0.4, 0.5) is 0 Å². The fourth-order valence-electron chi connectivity index (χ4n) is 0.777. The molecule has 0 radical (unpaired) electrons. The van der Waals surface area contributed by atoms with Crippen molar-refractivity contribution in [2.24, 2.45) is 0 Å². The van der Waals surface area contributed by atoms with E-state index in [4.69, 9.17) is 0 Å². The lowest BCUT2D eigenvalue weighted by atomic mass is 10.3. The predicted octanol–water partition coefficient (Wildman–Crippen LogP) is 2.25. The van der Waals surface area contributed by atoms with Gasteiger partial charge < -0.3 is 4.74 Å². The molecule has 0 fully saturated rings. The molecule has 1 unspecified atom stereocenters. The van der Waals surface area contributed by atoms with Crippen LogP contribution in [0, 0.1) is 0 Å². The SMILES string of the molecule is CCSC(C)C/C=C/C(=O)OC. The highest BCUT2D eigenvalue weighted by Gasteiger charge is 1.97. The molecule has 0 N–H and O–H groups in total. The summed E-state index contributed by atoms with van der Waals surface area (Å²) in [5.74, 6) is 0.844. The lowest BCUT2D eigenvalue weighted by molar-refractivity contribution is -0.134. The van der Waals surface area contributed by atoms with Gasteiger partial charge in [-0.1, -0.05) is 19.9 Å². The molecule has 0 heterocycles. The fraction of sp³-hybridized carbons (Fsp3) is 0.667. The van der Waals surface area contributed by atoms with E-state index in [-0.39, 0.29) is 5.97 Å². The van der Waals surface area contributed by atoms with Crippen LogP contribution in [-0.4, -0.2) is 24.1 Å². The quantitative estimate of drug-likeness (QED) is 0.489. The highest BCUT2D eigenvalue weighted by molar-refractivity contribution is 7.99. The second-order valence-corrected chi connectivity index (χ2v) is 4.14. The van der Waals surface area contributed by atoms with Gasteiger partial charge in [0.2, 0.25) is 0 Å². The smallest absolute Gasteiger partial charge is 0.330 e. The third-order valence-electron chi connectivity index (χ3n) is 1.37. The van der Waals surface area contributed by atoms with Crippen molar-refractivity contribution >= 4 is 17.7 Å². The maximum Gasteiger partial charge on any atom is 0.330 e. The van der Waals surface area contributed by atoms with E-state index in [2.05, 4.69) is 18.6 Å². The Morgan fingerprint density at radius 2 is 2.33 bits per heavy atom. The molecule has 0 aliphatic heterocycles. The third-order valence-corrected chi connectivity index (χ3v) is 2.47. The van der Waals surface area contributed by atoms with E-state index in [1.165, 1.54) is 13.2 Å². The Morgan fingerprint density at radius 3 is 2.83 bits per heavy atom. The Balaban J connectivity index is 3.52. The van der Waals surface area contributed by atoms with Gasteiger partial charge in [-0.05, 0) is 12.2 Å². The molecule has 0 saturated carbocycles. The van der Waals surface area contributed by atoms with Crippen LogP contribution >= 0.6 is 11.8 Å². The molecule has 0 saturated heterocycles. The first-order chi connectivity index (χ1) is 5.70. The Labute approximate surface area is 78.4 Å². The van der Waals surface area contributed by atoms with Gasteiger partial charge in [-0.3, -0.25) is 0 Å². The zero-order valence-electron chi connectivity index (χ0n) is 7.87. The molecule has 12 heavy (non-hydrogen) atoms. The van der Waals surface area contributed by atoms with Crippen molar-refractivity contribution in [1.82, 2.24) is 0 Å². The van der Waals surface area contributed by atoms with Crippen LogP contribution < -0.4 is 0 Å². The Hall–Kier alpha value is -0.440. The minimum atomic E-state index is -0.274. The minimum Gasteiger partial charge on any atom is -0.466 e. The number of hydrogen-bond acceptors (Lipinski definition) is 3. The van der Waals surface area contributed by atoms with Gasteiger partial charge in [-0.15, -0.1) is 0 Å². The van der Waals surface area contributed by atoms with Crippen LogP contribution in [0.25, 0.3) is 0 Å². The predicted molar refractivity (Wildman–Crippen MR) is 53.4 cm³/mol. The van der Waals surface area contributed by atoms with E-state index in [1.54, 1.807) is 0 Å². The fourth-order valence-corrected chi connectivity index (χ4v) is 1.59. The van der Waals surface area contributed by atoms with Crippen molar-refractivity contribution in [1.29, 1.82) is 0 Å². The number of carbonyl (C=O) groups is 1. The van der Waals surface area contributed by atoms with Crippen LogP contribution in [0.5, 0.6) is 0 Å². The molecule has 0 bridgehead atoms. The summed E-state index contributed by atoms with van der Waals surface area (Å²) in [6.45, 7) is 4.28. The second kappa shape index (κ2) is 7.22. The number of methoxy groups -OCH3 is 1. The van der Waals surface area contributed by atoms with Crippen LogP contribution in [0.2, 0.25) is 0 Å². The molecule has 3 heteroatoms. The average molecular weight is 188 g/mol. The molecule has 0 amide bonds. The number of allylic oxidation sites excluding steroid dienone is 1. The molecule has 2 nitrogen and oxygen atoms in total. The number of carbonyl (C=O) groups excluding carboxylic acids is 1. The van der Waals surface area contributed by atoms with E-state index >= 15 is 0 Å². The standard InChI is InChI=1S/C9H16O2S/c1-4-12-8(2)6-5-7-9(10)11-3/h5,7-8H,4,6H2,1-3H3/b7-5+. The van der Waals surface area contributed by atoms with E-state index in [0.717, 1.165) is 12.2 Å². The first-order valence-corrected chi connectivity index (χ1v) is 5.11. The largest absolute Gasteiger partial charge is 0.466 e. The first-order valence-electron chi connectivity index (χ1n) is 4.06. The maximum atomic E-state index is 10.6. The summed E-state index contributed by atoms with van der Waals surface area (Å²) >= 11 is 1.89. The van der Waals surface area contributed by atoms with E-state index in [0.29, 0.717) is 5.25 Å². The molecule has 0 rings (SSSR count). The Morgan fingerprint density at radius 1 is 1.67 bits per heavy atom. The topological polar surface area (TPSA) is 26.3 Å². The van der Waals surface area contributed by atoms with Crippen molar-refractivity contribution < 1.29 is 9.53 Å². The number of hydrogen-bond donors (Lipinski definition) is 0. The zero-order valence-corrected chi connectivity index (χ0v) is 8.69. The van der Waals surface area contributed by atoms with Gasteiger partial charge in [-0.2, -0.15) is 11.8 Å². The summed E-state index contributed by atoms with van der Waals surface area (Å²) in [5.41, 5.74) is 0. The number of esters is 1. The van der Waals surface area contributed by atoms with Gasteiger partial charge in [-0.25, -0.2) is 4.79 Å². The summed E-state index contributed by atoms with van der Waals surface area (Å²) in [6, 6.07) is 0. The van der Waals surface area contributed by atoms with Crippen LogP contribution in [0.1, 0.15) is 20.3 Å². The number of ether oxygens (including phenoxy) is 1. The summed E-state index contributed by atoms with van der Waals surface area (Å²) in [4.78, 5) is 10.6.